The van der Waals surface area contributed by atoms with Crippen LogP contribution in [0.25, 0.3) is 168 Å². The lowest BCUT2D eigenvalue weighted by Gasteiger charge is -2.17. The van der Waals surface area contributed by atoms with Gasteiger partial charge in [-0.3, -0.25) is 0 Å². The van der Waals surface area contributed by atoms with Gasteiger partial charge in [0.15, 0.2) is 34.9 Å². The molecule has 0 fully saturated rings. The maximum Gasteiger partial charge on any atom is 0.166 e. The van der Waals surface area contributed by atoms with Gasteiger partial charge in [0, 0.05) is 60.6 Å². The normalized spacial score (nSPS) is 11.3. The highest BCUT2D eigenvalue weighted by atomic mass is 15.1. The Kier molecular flexibility index (Phi) is 14.1. The average molecular weight is 1230 g/mol. The van der Waals surface area contributed by atoms with Crippen LogP contribution in [0.15, 0.2) is 315 Å². The van der Waals surface area contributed by atoms with E-state index in [4.69, 9.17) is 29.9 Å². The van der Waals surface area contributed by atoms with E-state index in [-0.39, 0.29) is 0 Å². The lowest BCUT2D eigenvalue weighted by atomic mass is 9.95. The van der Waals surface area contributed by atoms with E-state index in [0.29, 0.717) is 46.1 Å². The van der Waals surface area contributed by atoms with Crippen LogP contribution in [0.5, 0.6) is 0 Å². The van der Waals surface area contributed by atoms with Crippen molar-refractivity contribution in [3.05, 3.63) is 327 Å². The minimum Gasteiger partial charge on any atom is -0.309 e. The highest BCUT2D eigenvalue weighted by Gasteiger charge is 2.23. The lowest BCUT2D eigenvalue weighted by molar-refractivity contribution is 1.06. The van der Waals surface area contributed by atoms with E-state index in [9.17, 15) is 10.5 Å². The van der Waals surface area contributed by atoms with Gasteiger partial charge >= 0.3 is 0 Å². The lowest BCUT2D eigenvalue weighted by Crippen LogP contribution is -2.04. The fourth-order valence-corrected chi connectivity index (χ4v) is 13.3. The van der Waals surface area contributed by atoms with E-state index in [1.807, 2.05) is 158 Å². The largest absolute Gasteiger partial charge is 0.309 e. The molecule has 0 aliphatic carbocycles. The van der Waals surface area contributed by atoms with Crippen LogP contribution in [-0.4, -0.2) is 39.0 Å². The third kappa shape index (κ3) is 10.4. The predicted molar refractivity (Wildman–Crippen MR) is 386 cm³/mol. The molecule has 96 heavy (non-hydrogen) atoms. The molecule has 17 rings (SSSR count). The molecule has 17 aromatic rings. The molecule has 0 bridgehead atoms. The van der Waals surface area contributed by atoms with Crippen LogP contribution in [0.1, 0.15) is 11.1 Å². The maximum absolute atomic E-state index is 9.88. The van der Waals surface area contributed by atoms with Crippen molar-refractivity contribution in [3.63, 3.8) is 0 Å². The quantitative estimate of drug-likeness (QED) is 0.118. The molecule has 4 aromatic heterocycles. The van der Waals surface area contributed by atoms with Gasteiger partial charge in [0.1, 0.15) is 0 Å². The number of nitriles is 2. The summed E-state index contributed by atoms with van der Waals surface area (Å²) in [4.78, 5) is 31.7. The van der Waals surface area contributed by atoms with Gasteiger partial charge in [-0.15, -0.1) is 0 Å². The van der Waals surface area contributed by atoms with Gasteiger partial charge in [-0.2, -0.15) is 10.5 Å². The van der Waals surface area contributed by atoms with Gasteiger partial charge in [-0.25, -0.2) is 29.9 Å². The molecule has 0 N–H and O–H groups in total. The molecule has 0 aliphatic heterocycles. The summed E-state index contributed by atoms with van der Waals surface area (Å²) in [5, 5.41) is 24.1. The number of fused-ring (bicyclic) bond motifs is 6. The Morgan fingerprint density at radius 3 is 1.04 bits per heavy atom. The minimum absolute atomic E-state index is 0.514. The first-order valence-electron chi connectivity index (χ1n) is 31.7. The van der Waals surface area contributed by atoms with E-state index < -0.39 is 0 Å². The van der Waals surface area contributed by atoms with Crippen LogP contribution in [-0.2, 0) is 0 Å². The molecule has 446 valence electrons. The molecule has 0 aliphatic rings. The molecule has 4 heterocycles. The maximum atomic E-state index is 9.88. The number of nitrogens with zero attached hydrogens (tertiary/aromatic N) is 10. The van der Waals surface area contributed by atoms with Gasteiger partial charge < -0.3 is 9.13 Å². The van der Waals surface area contributed by atoms with Gasteiger partial charge in [0.25, 0.3) is 0 Å². The molecule has 0 spiro atoms. The van der Waals surface area contributed by atoms with Crippen molar-refractivity contribution in [2.45, 2.75) is 0 Å². The highest BCUT2D eigenvalue weighted by Crippen LogP contribution is 2.43. The van der Waals surface area contributed by atoms with Crippen molar-refractivity contribution < 1.29 is 0 Å². The van der Waals surface area contributed by atoms with Crippen molar-refractivity contribution in [3.8, 4) is 136 Å². The van der Waals surface area contributed by atoms with Gasteiger partial charge in [-0.05, 0) is 142 Å². The highest BCUT2D eigenvalue weighted by molar-refractivity contribution is 6.12. The first kappa shape index (κ1) is 56.4. The smallest absolute Gasteiger partial charge is 0.166 e. The average Bonchev–Trinajstić information content (AvgIpc) is 1.58. The molecule has 13 aromatic carbocycles. The summed E-state index contributed by atoms with van der Waals surface area (Å²) in [6.45, 7) is 0. The summed E-state index contributed by atoms with van der Waals surface area (Å²) in [5.41, 5.74) is 20.0. The summed E-state index contributed by atoms with van der Waals surface area (Å²) in [6, 6.07) is 113. The van der Waals surface area contributed by atoms with Crippen LogP contribution in [0.3, 0.4) is 0 Å². The molecule has 0 saturated carbocycles. The third-order valence-electron chi connectivity index (χ3n) is 17.8. The summed E-state index contributed by atoms with van der Waals surface area (Å²) < 4.78 is 4.66. The van der Waals surface area contributed by atoms with E-state index in [1.54, 1.807) is 0 Å². The second kappa shape index (κ2) is 23.9. The van der Waals surface area contributed by atoms with Crippen LogP contribution >= 0.6 is 0 Å². The van der Waals surface area contributed by atoms with Crippen molar-refractivity contribution in [2.24, 2.45) is 0 Å². The fourth-order valence-electron chi connectivity index (χ4n) is 13.3. The van der Waals surface area contributed by atoms with E-state index in [0.717, 1.165) is 133 Å². The van der Waals surface area contributed by atoms with E-state index in [2.05, 4.69) is 179 Å². The second-order valence-electron chi connectivity index (χ2n) is 23.7. The summed E-state index contributed by atoms with van der Waals surface area (Å²) in [6.07, 6.45) is 0. The number of hydrogen-bond donors (Lipinski definition) is 0. The molecule has 10 nitrogen and oxygen atoms in total. The van der Waals surface area contributed by atoms with Crippen molar-refractivity contribution in [1.82, 2.24) is 39.0 Å². The van der Waals surface area contributed by atoms with Crippen molar-refractivity contribution in [2.75, 3.05) is 0 Å². The van der Waals surface area contributed by atoms with E-state index in [1.165, 1.54) is 0 Å². The van der Waals surface area contributed by atoms with Crippen molar-refractivity contribution in [1.29, 1.82) is 10.5 Å². The first-order chi connectivity index (χ1) is 47.4. The van der Waals surface area contributed by atoms with Crippen LogP contribution < -0.4 is 0 Å². The number of hydrogen-bond acceptors (Lipinski definition) is 8. The summed E-state index contributed by atoms with van der Waals surface area (Å²) in [7, 11) is 0. The molecular weight excluding hydrogens is 1170 g/mol. The monoisotopic (exact) mass is 1220 g/mol. The molecule has 0 unspecified atom stereocenters. The Hall–Kier alpha value is -13.5. The molecular formula is C86H52N10. The zero-order valence-corrected chi connectivity index (χ0v) is 51.5. The zero-order valence-electron chi connectivity index (χ0n) is 51.5. The molecule has 10 heteroatoms. The Bertz CT molecular complexity index is 5870. The Labute approximate surface area is 553 Å². The standard InChI is InChI=1S/C86H52N10/c87-53-55-20-17-30-61(44-55)65-38-41-78-73(50-65)71-34-13-15-36-76(71)95(78)70-48-68(47-69(49-70)85-91-81(57-22-5-1-6-23-57)89-82(92-85)58-24-7-2-8-25-58)64-33-19-32-63(46-64)67-40-43-80(75(52-67)86-93-83(59-26-9-3-10-27-59)90-84(94-86)60-28-11-4-12-29-60)96-77-37-16-14-35-72(77)74-51-66(39-42-79(74)96)62-31-18-21-56(45-62)54-88/h1-52H. The Morgan fingerprint density at radius 1 is 0.219 bits per heavy atom. The topological polar surface area (TPSA) is 135 Å². The third-order valence-corrected chi connectivity index (χ3v) is 17.8. The molecule has 0 radical (unpaired) electrons. The predicted octanol–water partition coefficient (Wildman–Crippen LogP) is 20.7. The molecule has 0 saturated heterocycles. The van der Waals surface area contributed by atoms with Gasteiger partial charge in [-0.1, -0.05) is 218 Å². The fraction of sp³-hybridized carbons (Fsp3) is 0. The van der Waals surface area contributed by atoms with Crippen LogP contribution in [0, 0.1) is 22.7 Å². The second-order valence-corrected chi connectivity index (χ2v) is 23.7. The van der Waals surface area contributed by atoms with Gasteiger partial charge in [0.05, 0.1) is 51.0 Å². The Balaban J connectivity index is 0.880. The summed E-state index contributed by atoms with van der Waals surface area (Å²) >= 11 is 0. The van der Waals surface area contributed by atoms with Crippen LogP contribution in [0.4, 0.5) is 0 Å². The van der Waals surface area contributed by atoms with Crippen molar-refractivity contribution >= 4 is 43.6 Å². The number of para-hydroxylation sites is 2. The number of rotatable bonds is 12. The zero-order chi connectivity index (χ0) is 64.1. The first-order valence-corrected chi connectivity index (χ1v) is 31.7. The number of benzene rings is 13. The minimum atomic E-state index is 0.514. The molecule has 0 atom stereocenters. The SMILES string of the molecule is N#Cc1cccc(-c2ccc3c(c2)c2ccccc2n3-c2cc(-c3cccc(-c4ccc(-n5c6ccccc6c6cc(-c7cccc(C#N)c7)ccc65)c(-c5nc(-c6ccccc6)nc(-c6ccccc6)n5)c4)c3)cc(-c3nc(-c4ccccc4)nc(-c4ccccc4)n3)c2)c1. The summed E-state index contributed by atoms with van der Waals surface area (Å²) in [5.74, 6) is 3.28. The van der Waals surface area contributed by atoms with E-state index >= 15 is 0 Å². The number of aromatic nitrogens is 8. The van der Waals surface area contributed by atoms with Crippen LogP contribution in [0.2, 0.25) is 0 Å². The molecule has 0 amide bonds. The Morgan fingerprint density at radius 2 is 0.552 bits per heavy atom. The van der Waals surface area contributed by atoms with Gasteiger partial charge in [0.2, 0.25) is 0 Å².